The molecule has 0 aliphatic heterocycles. The van der Waals surface area contributed by atoms with Gasteiger partial charge in [0.25, 0.3) is 0 Å². The van der Waals surface area contributed by atoms with Gasteiger partial charge in [-0.3, -0.25) is 9.59 Å². The van der Waals surface area contributed by atoms with E-state index in [9.17, 15) is 9.59 Å². The Bertz CT molecular complexity index is 426. The van der Waals surface area contributed by atoms with Crippen LogP contribution in [0, 0.1) is 12.8 Å². The Hall–Kier alpha value is -1.68. The van der Waals surface area contributed by atoms with Crippen molar-refractivity contribution in [1.82, 2.24) is 0 Å². The predicted molar refractivity (Wildman–Crippen MR) is 89.7 cm³/mol. The van der Waals surface area contributed by atoms with E-state index in [0.29, 0.717) is 36.9 Å². The zero-order valence-electron chi connectivity index (χ0n) is 14.0. The Labute approximate surface area is 142 Å². The van der Waals surface area contributed by atoms with Gasteiger partial charge in [0.2, 0.25) is 0 Å². The average molecular weight is 341 g/mol. The van der Waals surface area contributed by atoms with E-state index >= 15 is 0 Å². The largest absolute Gasteiger partial charge is 0.305 e. The van der Waals surface area contributed by atoms with Crippen molar-refractivity contribution >= 4 is 12.6 Å². The summed E-state index contributed by atoms with van der Waals surface area (Å²) >= 11 is 0. The number of hydrogen-bond donors (Lipinski definition) is 3. The molecule has 8 heteroatoms. The zero-order chi connectivity index (χ0) is 18.2. The van der Waals surface area contributed by atoms with E-state index in [1.54, 1.807) is 18.2 Å². The molecule has 0 spiro atoms. The molecule has 0 aromatic heterocycles. The van der Waals surface area contributed by atoms with Crippen molar-refractivity contribution in [3.63, 3.8) is 0 Å². The fraction of sp³-hybridized carbons (Fsp3) is 0.500. The first kappa shape index (κ1) is 22.3. The topological polar surface area (TPSA) is 140 Å². The first-order chi connectivity index (χ1) is 11.6. The van der Waals surface area contributed by atoms with Crippen LogP contribution in [-0.4, -0.2) is 32.4 Å². The minimum absolute atomic E-state index is 0.427. The Kier molecular flexibility index (Phi) is 13.8. The number of carbonyl (C=O) groups excluding carboxylic acids is 2. The van der Waals surface area contributed by atoms with Crippen molar-refractivity contribution in [2.45, 2.75) is 26.2 Å². The Balaban J connectivity index is 0.000000446. The molecule has 136 valence electrons. The lowest BCUT2D eigenvalue weighted by atomic mass is 9.99. The summed E-state index contributed by atoms with van der Waals surface area (Å²) in [7, 11) is 0. The number of carbonyl (C=O) groups is 2. The number of hydrogen-bond acceptors (Lipinski definition) is 8. The van der Waals surface area contributed by atoms with Crippen molar-refractivity contribution < 1.29 is 24.1 Å². The highest BCUT2D eigenvalue weighted by molar-refractivity contribution is 5.82. The number of aryl methyl sites for hydroxylation is 1. The number of benzene rings is 1. The molecule has 1 aromatic rings. The minimum Gasteiger partial charge on any atom is -0.305 e. The molecule has 0 saturated heterocycles. The zero-order valence-corrected chi connectivity index (χ0v) is 14.0. The molecule has 24 heavy (non-hydrogen) atoms. The van der Waals surface area contributed by atoms with Crippen molar-refractivity contribution in [1.29, 1.82) is 0 Å². The van der Waals surface area contributed by atoms with Gasteiger partial charge in [-0.25, -0.2) is 17.7 Å². The normalized spacial score (nSPS) is 10.2. The molecule has 0 amide bonds. The maximum absolute atomic E-state index is 10.3. The van der Waals surface area contributed by atoms with Gasteiger partial charge in [0, 0.05) is 11.1 Å². The molecular formula is C16H27N3O5. The first-order valence-corrected chi connectivity index (χ1v) is 7.58. The minimum atomic E-state index is 0.427. The average Bonchev–Trinajstić information content (AvgIpc) is 2.61. The van der Waals surface area contributed by atoms with E-state index in [0.717, 1.165) is 37.4 Å². The maximum atomic E-state index is 10.3. The monoisotopic (exact) mass is 341 g/mol. The van der Waals surface area contributed by atoms with Gasteiger partial charge in [-0.2, -0.15) is 0 Å². The fourth-order valence-electron chi connectivity index (χ4n) is 2.12. The summed E-state index contributed by atoms with van der Waals surface area (Å²) in [4.78, 5) is 34.1. The molecule has 0 unspecified atom stereocenters. The molecule has 0 aliphatic rings. The van der Waals surface area contributed by atoms with Crippen molar-refractivity contribution in [2.24, 2.45) is 23.6 Å². The van der Waals surface area contributed by atoms with Gasteiger partial charge >= 0.3 is 0 Å². The Morgan fingerprint density at radius 3 is 1.50 bits per heavy atom. The summed E-state index contributed by atoms with van der Waals surface area (Å²) in [5.41, 5.74) is 2.02. The molecule has 0 aliphatic carbocycles. The van der Waals surface area contributed by atoms with E-state index in [4.69, 9.17) is 17.7 Å². The summed E-state index contributed by atoms with van der Waals surface area (Å²) in [6, 6.07) is 5.03. The van der Waals surface area contributed by atoms with Crippen molar-refractivity contribution in [3.8, 4) is 0 Å². The van der Waals surface area contributed by atoms with Crippen LogP contribution in [0.4, 0.5) is 0 Å². The molecule has 8 nitrogen and oxygen atoms in total. The highest BCUT2D eigenvalue weighted by Gasteiger charge is 2.08. The maximum Gasteiger partial charge on any atom is 0.150 e. The van der Waals surface area contributed by atoms with Crippen LogP contribution in [0.15, 0.2) is 18.2 Å². The molecule has 0 fully saturated rings. The standard InChI is InChI=1S/C9H8O2.C7H19N3O3/c1-7-2-8(5-10)4-9(3-7)6-11;8-11-4-1-7(2-5-12-9)3-6-13-10/h2-6H,1H3;7H,1-6,8-10H2. The van der Waals surface area contributed by atoms with Gasteiger partial charge in [0.1, 0.15) is 12.6 Å². The second-order valence-electron chi connectivity index (χ2n) is 5.26. The summed E-state index contributed by atoms with van der Waals surface area (Å²) in [6.07, 6.45) is 4.07. The molecule has 0 bridgehead atoms. The molecule has 0 heterocycles. The van der Waals surface area contributed by atoms with Crippen LogP contribution in [0.5, 0.6) is 0 Å². The van der Waals surface area contributed by atoms with Crippen LogP contribution in [0.3, 0.4) is 0 Å². The Morgan fingerprint density at radius 2 is 1.21 bits per heavy atom. The van der Waals surface area contributed by atoms with Gasteiger partial charge in [0.05, 0.1) is 19.8 Å². The van der Waals surface area contributed by atoms with E-state index in [1.807, 2.05) is 6.92 Å². The van der Waals surface area contributed by atoms with Crippen LogP contribution in [-0.2, 0) is 14.5 Å². The highest BCUT2D eigenvalue weighted by atomic mass is 16.6. The van der Waals surface area contributed by atoms with E-state index < -0.39 is 0 Å². The van der Waals surface area contributed by atoms with E-state index in [-0.39, 0.29) is 0 Å². The number of nitrogens with two attached hydrogens (primary N) is 3. The van der Waals surface area contributed by atoms with Crippen LogP contribution in [0.2, 0.25) is 0 Å². The quantitative estimate of drug-likeness (QED) is 0.401. The highest BCUT2D eigenvalue weighted by Crippen LogP contribution is 2.13. The lowest BCUT2D eigenvalue weighted by Crippen LogP contribution is -2.15. The second kappa shape index (κ2) is 14.9. The van der Waals surface area contributed by atoms with Crippen molar-refractivity contribution in [3.05, 3.63) is 34.9 Å². The number of aldehydes is 2. The van der Waals surface area contributed by atoms with Crippen molar-refractivity contribution in [2.75, 3.05) is 19.8 Å². The molecular weight excluding hydrogens is 314 g/mol. The smallest absolute Gasteiger partial charge is 0.150 e. The molecule has 0 radical (unpaired) electrons. The second-order valence-corrected chi connectivity index (χ2v) is 5.26. The lowest BCUT2D eigenvalue weighted by molar-refractivity contribution is 0.0764. The predicted octanol–water partition coefficient (Wildman–Crippen LogP) is 1.06. The summed E-state index contributed by atoms with van der Waals surface area (Å²) in [5.74, 6) is 15.2. The van der Waals surface area contributed by atoms with Crippen LogP contribution in [0.25, 0.3) is 0 Å². The van der Waals surface area contributed by atoms with E-state index in [2.05, 4.69) is 14.5 Å². The first-order valence-electron chi connectivity index (χ1n) is 7.58. The fourth-order valence-corrected chi connectivity index (χ4v) is 2.12. The Morgan fingerprint density at radius 1 is 0.833 bits per heavy atom. The van der Waals surface area contributed by atoms with E-state index in [1.165, 1.54) is 0 Å². The van der Waals surface area contributed by atoms with Crippen LogP contribution < -0.4 is 17.7 Å². The summed E-state index contributed by atoms with van der Waals surface area (Å²) in [5, 5.41) is 0. The molecule has 1 aromatic carbocycles. The van der Waals surface area contributed by atoms with Gasteiger partial charge < -0.3 is 14.5 Å². The third-order valence-corrected chi connectivity index (χ3v) is 3.33. The third kappa shape index (κ3) is 10.9. The number of rotatable bonds is 11. The van der Waals surface area contributed by atoms with Crippen LogP contribution in [0.1, 0.15) is 45.5 Å². The van der Waals surface area contributed by atoms with Crippen LogP contribution >= 0.6 is 0 Å². The van der Waals surface area contributed by atoms with Gasteiger partial charge in [-0.15, -0.1) is 0 Å². The molecule has 0 saturated carbocycles. The summed E-state index contributed by atoms with van der Waals surface area (Å²) < 4.78 is 0. The SMILES string of the molecule is Cc1cc(C=O)cc(C=O)c1.NOCCC(CCON)CCON. The summed E-state index contributed by atoms with van der Waals surface area (Å²) in [6.45, 7) is 3.43. The molecule has 1 rings (SSSR count). The third-order valence-electron chi connectivity index (χ3n) is 3.33. The lowest BCUT2D eigenvalue weighted by Gasteiger charge is -2.14. The van der Waals surface area contributed by atoms with Gasteiger partial charge in [0.15, 0.2) is 0 Å². The van der Waals surface area contributed by atoms with Gasteiger partial charge in [-0.05, 0) is 55.9 Å². The molecule has 6 N–H and O–H groups in total. The molecule has 0 atom stereocenters. The van der Waals surface area contributed by atoms with Gasteiger partial charge in [-0.1, -0.05) is 0 Å².